The first-order valence-electron chi connectivity index (χ1n) is 9.96. The van der Waals surface area contributed by atoms with Crippen LogP contribution in [0.1, 0.15) is 0 Å². The van der Waals surface area contributed by atoms with Gasteiger partial charge < -0.3 is 10.1 Å². The Bertz CT molecular complexity index is 1340. The summed E-state index contributed by atoms with van der Waals surface area (Å²) >= 11 is 6.53. The molecule has 2 heterocycles. The summed E-state index contributed by atoms with van der Waals surface area (Å²) in [6, 6.07) is 30.0. The van der Waals surface area contributed by atoms with Crippen LogP contribution in [0.2, 0.25) is 5.02 Å². The lowest BCUT2D eigenvalue weighted by atomic mass is 10.1. The molecule has 0 saturated carbocycles. The second-order valence-corrected chi connectivity index (χ2v) is 7.56. The number of benzene rings is 3. The third-order valence-electron chi connectivity index (χ3n) is 5.21. The van der Waals surface area contributed by atoms with Gasteiger partial charge in [-0.05, 0) is 53.6 Å². The number of ether oxygens (including phenoxy) is 1. The van der Waals surface area contributed by atoms with Gasteiger partial charge in [0.15, 0.2) is 0 Å². The molecule has 1 N–H and O–H groups in total. The number of anilines is 2. The molecule has 31 heavy (non-hydrogen) atoms. The number of aromatic nitrogens is 2. The van der Waals surface area contributed by atoms with Crippen LogP contribution in [0.5, 0.6) is 5.75 Å². The van der Waals surface area contributed by atoms with Gasteiger partial charge in [0.1, 0.15) is 22.9 Å². The maximum absolute atomic E-state index is 6.53. The second-order valence-electron chi connectivity index (χ2n) is 7.15. The molecule has 0 aliphatic rings. The van der Waals surface area contributed by atoms with Crippen molar-refractivity contribution in [2.24, 2.45) is 0 Å². The summed E-state index contributed by atoms with van der Waals surface area (Å²) < 4.78 is 7.36. The lowest BCUT2D eigenvalue weighted by Gasteiger charge is -2.11. The molecule has 0 spiro atoms. The van der Waals surface area contributed by atoms with Crippen LogP contribution in [0, 0.1) is 0 Å². The molecule has 4 nitrogen and oxygen atoms in total. The average molecular weight is 426 g/mol. The SMILES string of the molecule is COc1ccc(-c2ccc3nc(-c4ccccc4Cl)c(Nc4ccccc4)n3c2)cc1. The van der Waals surface area contributed by atoms with Crippen LogP contribution in [0.3, 0.4) is 0 Å². The van der Waals surface area contributed by atoms with Crippen LogP contribution in [-0.2, 0) is 0 Å². The third kappa shape index (κ3) is 3.74. The fraction of sp³-hybridized carbons (Fsp3) is 0.0385. The van der Waals surface area contributed by atoms with Crippen molar-refractivity contribution in [2.75, 3.05) is 12.4 Å². The number of halogens is 1. The maximum atomic E-state index is 6.53. The Hall–Kier alpha value is -3.76. The minimum absolute atomic E-state index is 0.664. The Balaban J connectivity index is 1.69. The summed E-state index contributed by atoms with van der Waals surface area (Å²) in [5, 5.41) is 4.20. The molecule has 0 amide bonds. The predicted octanol–water partition coefficient (Wildman–Crippen LogP) is 7.07. The summed E-state index contributed by atoms with van der Waals surface area (Å²) in [6.45, 7) is 0. The van der Waals surface area contributed by atoms with Crippen molar-refractivity contribution in [3.63, 3.8) is 0 Å². The molecule has 0 unspecified atom stereocenters. The number of para-hydroxylation sites is 1. The zero-order valence-corrected chi connectivity index (χ0v) is 17.7. The van der Waals surface area contributed by atoms with Crippen LogP contribution < -0.4 is 10.1 Å². The number of pyridine rings is 1. The van der Waals surface area contributed by atoms with E-state index in [0.29, 0.717) is 5.02 Å². The van der Waals surface area contributed by atoms with E-state index < -0.39 is 0 Å². The number of hydrogen-bond acceptors (Lipinski definition) is 3. The van der Waals surface area contributed by atoms with Gasteiger partial charge in [0, 0.05) is 17.4 Å². The number of nitrogens with one attached hydrogen (secondary N) is 1. The van der Waals surface area contributed by atoms with E-state index in [1.807, 2.05) is 72.8 Å². The van der Waals surface area contributed by atoms with E-state index in [9.17, 15) is 0 Å². The van der Waals surface area contributed by atoms with Gasteiger partial charge >= 0.3 is 0 Å². The normalized spacial score (nSPS) is 10.9. The van der Waals surface area contributed by atoms with Gasteiger partial charge in [-0.3, -0.25) is 4.40 Å². The van der Waals surface area contributed by atoms with E-state index in [0.717, 1.165) is 45.3 Å². The zero-order chi connectivity index (χ0) is 21.2. The van der Waals surface area contributed by atoms with Gasteiger partial charge in [0.2, 0.25) is 0 Å². The van der Waals surface area contributed by atoms with Crippen molar-refractivity contribution in [1.29, 1.82) is 0 Å². The molecule has 0 atom stereocenters. The lowest BCUT2D eigenvalue weighted by Crippen LogP contribution is -1.97. The maximum Gasteiger partial charge on any atom is 0.143 e. The summed E-state index contributed by atoms with van der Waals surface area (Å²) in [6.07, 6.45) is 2.09. The van der Waals surface area contributed by atoms with E-state index >= 15 is 0 Å². The average Bonchev–Trinajstić information content (AvgIpc) is 3.17. The quantitative estimate of drug-likeness (QED) is 0.327. The summed E-state index contributed by atoms with van der Waals surface area (Å²) in [7, 11) is 1.67. The van der Waals surface area contributed by atoms with Crippen LogP contribution >= 0.6 is 11.6 Å². The Kier molecular flexibility index (Phi) is 5.06. The Labute approximate surface area is 185 Å². The molecule has 0 fully saturated rings. The summed E-state index contributed by atoms with van der Waals surface area (Å²) in [5.41, 5.74) is 5.69. The van der Waals surface area contributed by atoms with Gasteiger partial charge in [0.25, 0.3) is 0 Å². The Morgan fingerprint density at radius 2 is 1.52 bits per heavy atom. The summed E-state index contributed by atoms with van der Waals surface area (Å²) in [5.74, 6) is 1.70. The minimum atomic E-state index is 0.664. The molecule has 0 bridgehead atoms. The van der Waals surface area contributed by atoms with E-state index in [2.05, 4.69) is 34.1 Å². The highest BCUT2D eigenvalue weighted by Crippen LogP contribution is 2.36. The monoisotopic (exact) mass is 425 g/mol. The molecule has 152 valence electrons. The van der Waals surface area contributed by atoms with Gasteiger partial charge in [-0.25, -0.2) is 4.98 Å². The number of rotatable bonds is 5. The smallest absolute Gasteiger partial charge is 0.143 e. The number of fused-ring (bicyclic) bond motifs is 1. The third-order valence-corrected chi connectivity index (χ3v) is 5.54. The number of imidazole rings is 1. The zero-order valence-electron chi connectivity index (χ0n) is 16.9. The van der Waals surface area contributed by atoms with Crippen molar-refractivity contribution >= 4 is 28.8 Å². The first kappa shape index (κ1) is 19.2. The second kappa shape index (κ2) is 8.17. The molecular formula is C26H20ClN3O. The molecule has 2 aromatic heterocycles. The minimum Gasteiger partial charge on any atom is -0.497 e. The van der Waals surface area contributed by atoms with E-state index in [-0.39, 0.29) is 0 Å². The van der Waals surface area contributed by atoms with Crippen molar-refractivity contribution in [3.8, 4) is 28.1 Å². The van der Waals surface area contributed by atoms with Crippen molar-refractivity contribution in [3.05, 3.63) is 102 Å². The molecule has 5 aromatic rings. The van der Waals surface area contributed by atoms with Gasteiger partial charge in [0.05, 0.1) is 12.1 Å². The van der Waals surface area contributed by atoms with Crippen LogP contribution in [0.15, 0.2) is 97.2 Å². The van der Waals surface area contributed by atoms with E-state index in [4.69, 9.17) is 21.3 Å². The largest absolute Gasteiger partial charge is 0.497 e. The Morgan fingerprint density at radius 3 is 2.26 bits per heavy atom. The summed E-state index contributed by atoms with van der Waals surface area (Å²) in [4.78, 5) is 4.90. The molecule has 5 heteroatoms. The number of hydrogen-bond donors (Lipinski definition) is 1. The highest BCUT2D eigenvalue weighted by atomic mass is 35.5. The van der Waals surface area contributed by atoms with Crippen molar-refractivity contribution in [1.82, 2.24) is 9.38 Å². The Morgan fingerprint density at radius 1 is 0.806 bits per heavy atom. The first-order valence-corrected chi connectivity index (χ1v) is 10.3. The van der Waals surface area contributed by atoms with E-state index in [1.54, 1.807) is 7.11 Å². The highest BCUT2D eigenvalue weighted by Gasteiger charge is 2.17. The van der Waals surface area contributed by atoms with E-state index in [1.165, 1.54) is 0 Å². The molecule has 3 aromatic carbocycles. The fourth-order valence-corrected chi connectivity index (χ4v) is 3.84. The predicted molar refractivity (Wildman–Crippen MR) is 127 cm³/mol. The van der Waals surface area contributed by atoms with Gasteiger partial charge in [-0.1, -0.05) is 60.1 Å². The highest BCUT2D eigenvalue weighted by molar-refractivity contribution is 6.33. The van der Waals surface area contributed by atoms with Crippen LogP contribution in [0.25, 0.3) is 28.0 Å². The van der Waals surface area contributed by atoms with Crippen molar-refractivity contribution in [2.45, 2.75) is 0 Å². The molecule has 5 rings (SSSR count). The number of methoxy groups -OCH3 is 1. The molecule has 0 aliphatic heterocycles. The van der Waals surface area contributed by atoms with Gasteiger partial charge in [-0.15, -0.1) is 0 Å². The molecular weight excluding hydrogens is 406 g/mol. The molecule has 0 aliphatic carbocycles. The fourth-order valence-electron chi connectivity index (χ4n) is 3.62. The molecule has 0 saturated heterocycles. The van der Waals surface area contributed by atoms with Crippen LogP contribution in [-0.4, -0.2) is 16.5 Å². The van der Waals surface area contributed by atoms with Crippen LogP contribution in [0.4, 0.5) is 11.5 Å². The lowest BCUT2D eigenvalue weighted by molar-refractivity contribution is 0.415. The standard InChI is InChI=1S/C26H20ClN3O/c1-31-21-14-11-18(12-15-21)19-13-16-24-29-25(22-9-5-6-10-23(22)27)26(30(24)17-19)28-20-7-3-2-4-8-20/h2-17,28H,1H3. The molecule has 0 radical (unpaired) electrons. The topological polar surface area (TPSA) is 38.6 Å². The van der Waals surface area contributed by atoms with Crippen molar-refractivity contribution < 1.29 is 4.74 Å². The number of nitrogens with zero attached hydrogens (tertiary/aromatic N) is 2. The van der Waals surface area contributed by atoms with Gasteiger partial charge in [-0.2, -0.15) is 0 Å². The first-order chi connectivity index (χ1) is 15.2.